The summed E-state index contributed by atoms with van der Waals surface area (Å²) in [4.78, 5) is 2.59. The minimum atomic E-state index is 0.680. The molecule has 0 saturated carbocycles. The van der Waals surface area contributed by atoms with Crippen molar-refractivity contribution < 1.29 is 0 Å². The molecule has 0 aromatic heterocycles. The zero-order valence-corrected chi connectivity index (χ0v) is 9.34. The molecule has 0 bridgehead atoms. The summed E-state index contributed by atoms with van der Waals surface area (Å²) in [5, 5.41) is 3.60. The lowest BCUT2D eigenvalue weighted by Crippen LogP contribution is -2.40. The van der Waals surface area contributed by atoms with Crippen LogP contribution in [0.1, 0.15) is 40.0 Å². The van der Waals surface area contributed by atoms with Crippen molar-refractivity contribution in [2.24, 2.45) is 0 Å². The van der Waals surface area contributed by atoms with Gasteiger partial charge in [-0.1, -0.05) is 13.8 Å². The van der Waals surface area contributed by atoms with E-state index in [4.69, 9.17) is 0 Å². The van der Waals surface area contributed by atoms with Crippen molar-refractivity contribution in [3.63, 3.8) is 0 Å². The van der Waals surface area contributed by atoms with E-state index in [2.05, 4.69) is 31.0 Å². The van der Waals surface area contributed by atoms with E-state index in [9.17, 15) is 0 Å². The molecule has 1 rings (SSSR count). The van der Waals surface area contributed by atoms with Gasteiger partial charge in [0.2, 0.25) is 0 Å². The number of nitrogens with zero attached hydrogens (tertiary/aromatic N) is 1. The molecule has 13 heavy (non-hydrogen) atoms. The van der Waals surface area contributed by atoms with Crippen molar-refractivity contribution in [1.82, 2.24) is 10.2 Å². The Morgan fingerprint density at radius 3 is 2.85 bits per heavy atom. The summed E-state index contributed by atoms with van der Waals surface area (Å²) in [5.74, 6) is 0. The number of likely N-dealkylation sites (N-methyl/N-ethyl adjacent to an activating group) is 1. The molecule has 1 heterocycles. The van der Waals surface area contributed by atoms with E-state index < -0.39 is 0 Å². The molecule has 2 heteroatoms. The minimum Gasteiger partial charge on any atom is -0.313 e. The average Bonchev–Trinajstić information content (AvgIpc) is 2.61. The fourth-order valence-corrected chi connectivity index (χ4v) is 2.02. The summed E-state index contributed by atoms with van der Waals surface area (Å²) >= 11 is 0. The topological polar surface area (TPSA) is 15.3 Å². The third kappa shape index (κ3) is 3.28. The Bertz CT molecular complexity index is 136. The van der Waals surface area contributed by atoms with Crippen LogP contribution in [0.25, 0.3) is 0 Å². The van der Waals surface area contributed by atoms with Gasteiger partial charge in [-0.25, -0.2) is 0 Å². The lowest BCUT2D eigenvalue weighted by molar-refractivity contribution is 0.254. The molecule has 2 atom stereocenters. The van der Waals surface area contributed by atoms with Crippen molar-refractivity contribution in [2.45, 2.75) is 52.1 Å². The highest BCUT2D eigenvalue weighted by Crippen LogP contribution is 2.15. The summed E-state index contributed by atoms with van der Waals surface area (Å²) in [6, 6.07) is 1.48. The first kappa shape index (κ1) is 11.0. The van der Waals surface area contributed by atoms with Crippen LogP contribution in [0.15, 0.2) is 0 Å². The van der Waals surface area contributed by atoms with E-state index in [0.717, 1.165) is 6.04 Å². The van der Waals surface area contributed by atoms with Gasteiger partial charge in [0, 0.05) is 18.6 Å². The average molecular weight is 184 g/mol. The SMILES string of the molecule is CC[C@H](C)NC[C@@H]1CCCN1CC. The number of hydrogen-bond donors (Lipinski definition) is 1. The van der Waals surface area contributed by atoms with Gasteiger partial charge in [0.1, 0.15) is 0 Å². The number of nitrogens with one attached hydrogen (secondary N) is 1. The van der Waals surface area contributed by atoms with Crippen LogP contribution in [-0.2, 0) is 0 Å². The van der Waals surface area contributed by atoms with E-state index in [1.165, 1.54) is 38.9 Å². The molecule has 1 aliphatic rings. The smallest absolute Gasteiger partial charge is 0.0221 e. The summed E-state index contributed by atoms with van der Waals surface area (Å²) in [5.41, 5.74) is 0. The molecule has 1 N–H and O–H groups in total. The maximum atomic E-state index is 3.60. The van der Waals surface area contributed by atoms with Crippen LogP contribution in [0.3, 0.4) is 0 Å². The zero-order chi connectivity index (χ0) is 9.68. The van der Waals surface area contributed by atoms with Crippen LogP contribution >= 0.6 is 0 Å². The number of likely N-dealkylation sites (tertiary alicyclic amines) is 1. The van der Waals surface area contributed by atoms with Crippen molar-refractivity contribution in [3.8, 4) is 0 Å². The first-order valence-electron chi connectivity index (χ1n) is 5.75. The molecule has 0 aromatic rings. The fraction of sp³-hybridized carbons (Fsp3) is 1.00. The highest BCUT2D eigenvalue weighted by Gasteiger charge is 2.22. The maximum Gasteiger partial charge on any atom is 0.0221 e. The molecule has 78 valence electrons. The van der Waals surface area contributed by atoms with Gasteiger partial charge in [-0.05, 0) is 39.3 Å². The fourth-order valence-electron chi connectivity index (χ4n) is 2.02. The van der Waals surface area contributed by atoms with E-state index >= 15 is 0 Å². The van der Waals surface area contributed by atoms with Gasteiger partial charge in [-0.15, -0.1) is 0 Å². The van der Waals surface area contributed by atoms with E-state index in [-0.39, 0.29) is 0 Å². The molecule has 0 spiro atoms. The molecule has 1 saturated heterocycles. The van der Waals surface area contributed by atoms with Crippen molar-refractivity contribution in [1.29, 1.82) is 0 Å². The third-order valence-electron chi connectivity index (χ3n) is 3.22. The second-order valence-corrected chi connectivity index (χ2v) is 4.14. The van der Waals surface area contributed by atoms with Gasteiger partial charge in [0.25, 0.3) is 0 Å². The summed E-state index contributed by atoms with van der Waals surface area (Å²) in [7, 11) is 0. The Morgan fingerprint density at radius 1 is 1.46 bits per heavy atom. The van der Waals surface area contributed by atoms with Gasteiger partial charge < -0.3 is 5.32 Å². The molecule has 0 amide bonds. The van der Waals surface area contributed by atoms with Crippen LogP contribution in [0.2, 0.25) is 0 Å². The molecule has 0 radical (unpaired) electrons. The molecule has 1 fully saturated rings. The molecular weight excluding hydrogens is 160 g/mol. The number of hydrogen-bond acceptors (Lipinski definition) is 2. The van der Waals surface area contributed by atoms with Crippen LogP contribution in [-0.4, -0.2) is 36.6 Å². The van der Waals surface area contributed by atoms with E-state index in [1.807, 2.05) is 0 Å². The second-order valence-electron chi connectivity index (χ2n) is 4.14. The highest BCUT2D eigenvalue weighted by atomic mass is 15.2. The van der Waals surface area contributed by atoms with Crippen LogP contribution in [0.5, 0.6) is 0 Å². The standard InChI is InChI=1S/C11H24N2/c1-4-10(3)12-9-11-7-6-8-13(11)5-2/h10-12H,4-9H2,1-3H3/t10-,11-/m0/s1. The molecule has 1 aliphatic heterocycles. The Hall–Kier alpha value is -0.0800. The summed E-state index contributed by atoms with van der Waals surface area (Å²) < 4.78 is 0. The quantitative estimate of drug-likeness (QED) is 0.701. The maximum absolute atomic E-state index is 3.60. The lowest BCUT2D eigenvalue weighted by atomic mass is 10.2. The van der Waals surface area contributed by atoms with Gasteiger partial charge >= 0.3 is 0 Å². The monoisotopic (exact) mass is 184 g/mol. The minimum absolute atomic E-state index is 0.680. The van der Waals surface area contributed by atoms with E-state index in [1.54, 1.807) is 0 Å². The number of rotatable bonds is 5. The molecule has 0 unspecified atom stereocenters. The highest BCUT2D eigenvalue weighted by molar-refractivity contribution is 4.80. The Kier molecular flexibility index (Phi) is 4.74. The molecule has 0 aromatic carbocycles. The Labute approximate surface area is 82.7 Å². The van der Waals surface area contributed by atoms with Gasteiger partial charge in [0.15, 0.2) is 0 Å². The second kappa shape index (κ2) is 5.61. The van der Waals surface area contributed by atoms with Crippen LogP contribution in [0, 0.1) is 0 Å². The summed E-state index contributed by atoms with van der Waals surface area (Å²) in [6.45, 7) is 10.5. The zero-order valence-electron chi connectivity index (χ0n) is 9.34. The van der Waals surface area contributed by atoms with Crippen molar-refractivity contribution in [3.05, 3.63) is 0 Å². The first-order chi connectivity index (χ1) is 6.27. The van der Waals surface area contributed by atoms with Gasteiger partial charge in [-0.3, -0.25) is 4.90 Å². The van der Waals surface area contributed by atoms with Gasteiger partial charge in [0.05, 0.1) is 0 Å². The lowest BCUT2D eigenvalue weighted by Gasteiger charge is -2.24. The Morgan fingerprint density at radius 2 is 2.23 bits per heavy atom. The normalized spacial score (nSPS) is 26.5. The predicted octanol–water partition coefficient (Wildman–Crippen LogP) is 1.86. The Balaban J connectivity index is 2.19. The van der Waals surface area contributed by atoms with Gasteiger partial charge in [-0.2, -0.15) is 0 Å². The predicted molar refractivity (Wildman–Crippen MR) is 58.0 cm³/mol. The summed E-state index contributed by atoms with van der Waals surface area (Å²) in [6.07, 6.45) is 4.01. The molecular formula is C11H24N2. The first-order valence-corrected chi connectivity index (χ1v) is 5.75. The molecule has 2 nitrogen and oxygen atoms in total. The third-order valence-corrected chi connectivity index (χ3v) is 3.22. The van der Waals surface area contributed by atoms with Crippen LogP contribution in [0.4, 0.5) is 0 Å². The van der Waals surface area contributed by atoms with Crippen molar-refractivity contribution >= 4 is 0 Å². The van der Waals surface area contributed by atoms with Crippen molar-refractivity contribution in [2.75, 3.05) is 19.6 Å². The largest absolute Gasteiger partial charge is 0.313 e. The van der Waals surface area contributed by atoms with Crippen LogP contribution < -0.4 is 5.32 Å². The van der Waals surface area contributed by atoms with E-state index in [0.29, 0.717) is 6.04 Å². The molecule has 0 aliphatic carbocycles.